The number of aromatic amines is 1. The van der Waals surface area contributed by atoms with E-state index in [1.165, 1.54) is 4.90 Å². The molecule has 1 atom stereocenters. The summed E-state index contributed by atoms with van der Waals surface area (Å²) in [5.41, 5.74) is 6.60. The molecule has 0 aromatic carbocycles. The summed E-state index contributed by atoms with van der Waals surface area (Å²) in [4.78, 5) is 17.8. The minimum absolute atomic E-state index is 0.199. The molecular formula is C11H17N7O. The second-order valence-electron chi connectivity index (χ2n) is 4.46. The standard InChI is InChI=1S/C11H17N7O/c1-7-14-9(16-15-7)6-17(2)11(19)10(12)8-4-13-18(3)5-8/h4-5,10H,6,12H2,1-3H3,(H,14,15,16). The van der Waals surface area contributed by atoms with Crippen LogP contribution in [0.1, 0.15) is 23.3 Å². The molecule has 1 amide bonds. The molecule has 8 nitrogen and oxygen atoms in total. The number of carbonyl (C=O) groups is 1. The fourth-order valence-corrected chi connectivity index (χ4v) is 1.73. The van der Waals surface area contributed by atoms with Gasteiger partial charge >= 0.3 is 0 Å². The molecule has 0 aliphatic heterocycles. The Labute approximate surface area is 110 Å². The van der Waals surface area contributed by atoms with Crippen molar-refractivity contribution in [2.24, 2.45) is 12.8 Å². The third-order valence-electron chi connectivity index (χ3n) is 2.75. The van der Waals surface area contributed by atoms with Crippen molar-refractivity contribution in [2.75, 3.05) is 7.05 Å². The lowest BCUT2D eigenvalue weighted by Crippen LogP contribution is -2.35. The van der Waals surface area contributed by atoms with Gasteiger partial charge in [0.2, 0.25) is 5.91 Å². The van der Waals surface area contributed by atoms with Crippen LogP contribution in [0.15, 0.2) is 12.4 Å². The molecule has 0 aliphatic rings. The highest BCUT2D eigenvalue weighted by Crippen LogP contribution is 2.12. The Bertz CT molecular complexity index is 573. The summed E-state index contributed by atoms with van der Waals surface area (Å²) in [6.45, 7) is 2.12. The van der Waals surface area contributed by atoms with Gasteiger partial charge in [0.05, 0.1) is 12.7 Å². The van der Waals surface area contributed by atoms with Gasteiger partial charge in [0, 0.05) is 25.9 Å². The number of aryl methyl sites for hydroxylation is 2. The number of carbonyl (C=O) groups excluding carboxylic acids is 1. The smallest absolute Gasteiger partial charge is 0.244 e. The Morgan fingerprint density at radius 2 is 2.37 bits per heavy atom. The first kappa shape index (κ1) is 13.2. The predicted molar refractivity (Wildman–Crippen MR) is 67.7 cm³/mol. The van der Waals surface area contributed by atoms with Crippen molar-refractivity contribution >= 4 is 5.91 Å². The number of likely N-dealkylation sites (N-methyl/N-ethyl adjacent to an activating group) is 1. The molecular weight excluding hydrogens is 246 g/mol. The molecule has 102 valence electrons. The first-order valence-electron chi connectivity index (χ1n) is 5.84. The van der Waals surface area contributed by atoms with Crippen LogP contribution in [0.2, 0.25) is 0 Å². The number of H-pyrrole nitrogens is 1. The van der Waals surface area contributed by atoms with Crippen LogP contribution in [0.3, 0.4) is 0 Å². The highest BCUT2D eigenvalue weighted by molar-refractivity contribution is 5.82. The molecule has 3 N–H and O–H groups in total. The van der Waals surface area contributed by atoms with Crippen molar-refractivity contribution in [1.82, 2.24) is 29.9 Å². The SMILES string of the molecule is Cc1nc(CN(C)C(=O)C(N)c2cnn(C)c2)n[nH]1. The fraction of sp³-hybridized carbons (Fsp3) is 0.455. The molecule has 0 saturated carbocycles. The molecule has 2 heterocycles. The molecule has 0 bridgehead atoms. The molecule has 2 aromatic heterocycles. The zero-order valence-electron chi connectivity index (χ0n) is 11.2. The van der Waals surface area contributed by atoms with Crippen LogP contribution in [0.4, 0.5) is 0 Å². The molecule has 1 unspecified atom stereocenters. The second kappa shape index (κ2) is 5.19. The number of hydrogen-bond donors (Lipinski definition) is 2. The van der Waals surface area contributed by atoms with Crippen LogP contribution >= 0.6 is 0 Å². The topological polar surface area (TPSA) is 106 Å². The van der Waals surface area contributed by atoms with Gasteiger partial charge in [0.1, 0.15) is 11.9 Å². The summed E-state index contributed by atoms with van der Waals surface area (Å²) in [5, 5.41) is 10.7. The van der Waals surface area contributed by atoms with Crippen molar-refractivity contribution in [1.29, 1.82) is 0 Å². The van der Waals surface area contributed by atoms with Gasteiger partial charge in [-0.15, -0.1) is 0 Å². The van der Waals surface area contributed by atoms with Gasteiger partial charge in [0.15, 0.2) is 5.82 Å². The first-order valence-corrected chi connectivity index (χ1v) is 5.84. The summed E-state index contributed by atoms with van der Waals surface area (Å²) < 4.78 is 1.61. The zero-order chi connectivity index (χ0) is 14.0. The van der Waals surface area contributed by atoms with E-state index in [9.17, 15) is 4.79 Å². The Morgan fingerprint density at radius 1 is 1.63 bits per heavy atom. The Kier molecular flexibility index (Phi) is 3.61. The van der Waals surface area contributed by atoms with E-state index in [1.807, 2.05) is 0 Å². The maximum atomic E-state index is 12.2. The summed E-state index contributed by atoms with van der Waals surface area (Å²) in [6.07, 6.45) is 3.32. The average Bonchev–Trinajstić information content (AvgIpc) is 2.96. The summed E-state index contributed by atoms with van der Waals surface area (Å²) in [7, 11) is 3.45. The minimum Gasteiger partial charge on any atom is -0.336 e. The maximum absolute atomic E-state index is 12.2. The molecule has 0 saturated heterocycles. The van der Waals surface area contributed by atoms with Gasteiger partial charge in [-0.2, -0.15) is 10.2 Å². The van der Waals surface area contributed by atoms with Crippen molar-refractivity contribution in [2.45, 2.75) is 19.5 Å². The Balaban J connectivity index is 2.02. The number of hydrogen-bond acceptors (Lipinski definition) is 5. The number of aromatic nitrogens is 5. The van der Waals surface area contributed by atoms with Crippen molar-refractivity contribution in [3.05, 3.63) is 29.6 Å². The van der Waals surface area contributed by atoms with E-state index in [1.54, 1.807) is 38.1 Å². The second-order valence-corrected chi connectivity index (χ2v) is 4.46. The molecule has 2 rings (SSSR count). The van der Waals surface area contributed by atoms with E-state index in [0.29, 0.717) is 23.8 Å². The van der Waals surface area contributed by atoms with Gasteiger partial charge in [-0.25, -0.2) is 4.98 Å². The first-order chi connectivity index (χ1) is 8.97. The lowest BCUT2D eigenvalue weighted by molar-refractivity contribution is -0.132. The van der Waals surface area contributed by atoms with E-state index in [2.05, 4.69) is 20.3 Å². The normalized spacial score (nSPS) is 12.4. The van der Waals surface area contributed by atoms with Crippen molar-refractivity contribution in [3.8, 4) is 0 Å². The fourth-order valence-electron chi connectivity index (χ4n) is 1.73. The summed E-state index contributed by atoms with van der Waals surface area (Å²) >= 11 is 0. The molecule has 0 fully saturated rings. The maximum Gasteiger partial charge on any atom is 0.244 e. The third-order valence-corrected chi connectivity index (χ3v) is 2.75. The van der Waals surface area contributed by atoms with Gasteiger partial charge in [-0.1, -0.05) is 0 Å². The van der Waals surface area contributed by atoms with Crippen LogP contribution in [-0.4, -0.2) is 42.8 Å². The lowest BCUT2D eigenvalue weighted by atomic mass is 10.1. The third kappa shape index (κ3) is 2.97. The van der Waals surface area contributed by atoms with Crippen LogP contribution in [-0.2, 0) is 18.4 Å². The number of nitrogens with two attached hydrogens (primary N) is 1. The lowest BCUT2D eigenvalue weighted by Gasteiger charge is -2.19. The van der Waals surface area contributed by atoms with E-state index >= 15 is 0 Å². The monoisotopic (exact) mass is 263 g/mol. The van der Waals surface area contributed by atoms with Gasteiger partial charge in [-0.05, 0) is 6.92 Å². The van der Waals surface area contributed by atoms with Crippen LogP contribution < -0.4 is 5.73 Å². The highest BCUT2D eigenvalue weighted by Gasteiger charge is 2.22. The number of rotatable bonds is 4. The average molecular weight is 263 g/mol. The Morgan fingerprint density at radius 3 is 2.89 bits per heavy atom. The van der Waals surface area contributed by atoms with Crippen molar-refractivity contribution < 1.29 is 4.79 Å². The predicted octanol–water partition coefficient (Wildman–Crippen LogP) is -0.495. The Hall–Kier alpha value is -2.22. The van der Waals surface area contributed by atoms with Gasteiger partial charge in [-0.3, -0.25) is 14.6 Å². The van der Waals surface area contributed by atoms with Crippen molar-refractivity contribution in [3.63, 3.8) is 0 Å². The number of nitrogens with zero attached hydrogens (tertiary/aromatic N) is 5. The van der Waals surface area contributed by atoms with E-state index in [-0.39, 0.29) is 5.91 Å². The van der Waals surface area contributed by atoms with Gasteiger partial charge < -0.3 is 10.6 Å². The van der Waals surface area contributed by atoms with E-state index < -0.39 is 6.04 Å². The number of amides is 1. The highest BCUT2D eigenvalue weighted by atomic mass is 16.2. The van der Waals surface area contributed by atoms with Crippen LogP contribution in [0, 0.1) is 6.92 Å². The summed E-state index contributed by atoms with van der Waals surface area (Å²) in [6, 6.07) is -0.723. The zero-order valence-corrected chi connectivity index (χ0v) is 11.2. The van der Waals surface area contributed by atoms with Crippen LogP contribution in [0.25, 0.3) is 0 Å². The van der Waals surface area contributed by atoms with E-state index in [4.69, 9.17) is 5.73 Å². The van der Waals surface area contributed by atoms with Gasteiger partial charge in [0.25, 0.3) is 0 Å². The molecule has 0 aliphatic carbocycles. The van der Waals surface area contributed by atoms with E-state index in [0.717, 1.165) is 0 Å². The summed E-state index contributed by atoms with van der Waals surface area (Å²) in [5.74, 6) is 1.08. The number of nitrogens with one attached hydrogen (secondary N) is 1. The molecule has 0 spiro atoms. The quantitative estimate of drug-likeness (QED) is 0.774. The largest absolute Gasteiger partial charge is 0.336 e. The molecule has 19 heavy (non-hydrogen) atoms. The molecule has 8 heteroatoms. The molecule has 0 radical (unpaired) electrons. The molecule has 2 aromatic rings. The van der Waals surface area contributed by atoms with Crippen LogP contribution in [0.5, 0.6) is 0 Å². The minimum atomic E-state index is -0.723.